The van der Waals surface area contributed by atoms with Gasteiger partial charge in [-0.3, -0.25) is 14.4 Å². The number of fused-ring (bicyclic) bond motifs is 2. The van der Waals surface area contributed by atoms with E-state index >= 15 is 0 Å². The third-order valence-electron chi connectivity index (χ3n) is 5.91. The first-order valence-electron chi connectivity index (χ1n) is 11.1. The number of hydrogen-bond acceptors (Lipinski definition) is 4. The monoisotopic (exact) mass is 453 g/mol. The Kier molecular flexibility index (Phi) is 5.55. The normalized spacial score (nSPS) is 11.2. The molecule has 0 atom stereocenters. The molecule has 5 rings (SSSR count). The number of amides is 1. The van der Waals surface area contributed by atoms with Gasteiger partial charge in [-0.2, -0.15) is 0 Å². The fraction of sp³-hybridized carbons (Fsp3) is 0.154. The van der Waals surface area contributed by atoms with Gasteiger partial charge in [-0.25, -0.2) is 4.98 Å². The maximum atomic E-state index is 12.7. The van der Waals surface area contributed by atoms with E-state index in [4.69, 9.17) is 0 Å². The number of aryl methyl sites for hydroxylation is 1. The molecule has 0 aliphatic rings. The topological polar surface area (TPSA) is 102 Å². The first kappa shape index (κ1) is 21.4. The molecule has 0 spiro atoms. The Balaban J connectivity index is 1.27. The summed E-state index contributed by atoms with van der Waals surface area (Å²) < 4.78 is 3.50. The summed E-state index contributed by atoms with van der Waals surface area (Å²) in [6.07, 6.45) is 1.84. The van der Waals surface area contributed by atoms with Gasteiger partial charge in [0, 0.05) is 25.2 Å². The minimum absolute atomic E-state index is 0.258. The number of carbonyl (C=O) groups is 1. The molecule has 0 aliphatic carbocycles. The number of nitrogens with zero attached hydrogens (tertiary/aromatic N) is 3. The Morgan fingerprint density at radius 3 is 2.53 bits per heavy atom. The van der Waals surface area contributed by atoms with Crippen LogP contribution in [0.4, 0.5) is 0 Å². The maximum Gasteiger partial charge on any atom is 0.316 e. The zero-order chi connectivity index (χ0) is 23.7. The van der Waals surface area contributed by atoms with Crippen molar-refractivity contribution in [3.8, 4) is 0 Å². The number of aromatic amines is 1. The van der Waals surface area contributed by atoms with Crippen LogP contribution in [-0.4, -0.2) is 25.0 Å². The predicted molar refractivity (Wildman–Crippen MR) is 131 cm³/mol. The van der Waals surface area contributed by atoms with E-state index in [2.05, 4.69) is 25.9 Å². The number of carbonyl (C=O) groups excluding carboxylic acids is 1. The van der Waals surface area contributed by atoms with Crippen molar-refractivity contribution >= 4 is 28.0 Å². The van der Waals surface area contributed by atoms with Crippen LogP contribution in [0.2, 0.25) is 0 Å². The third-order valence-corrected chi connectivity index (χ3v) is 5.91. The average Bonchev–Trinajstić information content (AvgIpc) is 3.27. The van der Waals surface area contributed by atoms with E-state index in [-0.39, 0.29) is 5.91 Å². The Hall–Kier alpha value is -4.46. The molecular weight excluding hydrogens is 430 g/mol. The highest BCUT2D eigenvalue weighted by Gasteiger charge is 2.11. The first-order chi connectivity index (χ1) is 16.5. The number of H-pyrrole nitrogens is 1. The average molecular weight is 454 g/mol. The van der Waals surface area contributed by atoms with E-state index in [0.29, 0.717) is 36.2 Å². The van der Waals surface area contributed by atoms with Crippen LogP contribution in [0.5, 0.6) is 0 Å². The number of benzene rings is 3. The minimum Gasteiger partial charge on any atom is -0.348 e. The zero-order valence-electron chi connectivity index (χ0n) is 18.6. The lowest BCUT2D eigenvalue weighted by molar-refractivity contribution is 0.0951. The van der Waals surface area contributed by atoms with Gasteiger partial charge in [0.25, 0.3) is 5.91 Å². The summed E-state index contributed by atoms with van der Waals surface area (Å²) in [7, 11) is 0. The number of para-hydroxylation sites is 2. The van der Waals surface area contributed by atoms with Gasteiger partial charge in [0.15, 0.2) is 0 Å². The van der Waals surface area contributed by atoms with Crippen molar-refractivity contribution in [3.63, 3.8) is 0 Å². The van der Waals surface area contributed by atoms with Gasteiger partial charge in [-0.05, 0) is 48.4 Å². The lowest BCUT2D eigenvalue weighted by Gasteiger charge is -2.10. The highest BCUT2D eigenvalue weighted by molar-refractivity contribution is 5.97. The van der Waals surface area contributed by atoms with Crippen molar-refractivity contribution in [2.24, 2.45) is 0 Å². The Bertz CT molecular complexity index is 1630. The number of nitrogens with one attached hydrogen (secondary N) is 2. The van der Waals surface area contributed by atoms with E-state index in [1.165, 1.54) is 4.57 Å². The fourth-order valence-corrected chi connectivity index (χ4v) is 4.11. The molecule has 0 radical (unpaired) electrons. The summed E-state index contributed by atoms with van der Waals surface area (Å²) in [5, 5.41) is 2.91. The second-order valence-corrected chi connectivity index (χ2v) is 8.10. The molecule has 8 heteroatoms. The standard InChI is InChI=1S/C26H23N5O3/c1-2-31-23-12-11-19(13-21(23)29-25(33)26(31)34)24(32)27-14-17-7-9-18(10-8-17)15-30-16-28-20-5-3-4-6-22(20)30/h3-13,16H,2,14-15H2,1H3,(H,27,32)(H,29,33). The molecule has 0 saturated carbocycles. The molecule has 3 aromatic carbocycles. The first-order valence-corrected chi connectivity index (χ1v) is 11.1. The van der Waals surface area contributed by atoms with Crippen molar-refractivity contribution < 1.29 is 4.79 Å². The Morgan fingerprint density at radius 1 is 0.971 bits per heavy atom. The second-order valence-electron chi connectivity index (χ2n) is 8.10. The molecule has 5 aromatic rings. The summed E-state index contributed by atoms with van der Waals surface area (Å²) in [5.41, 5.74) is 4.32. The van der Waals surface area contributed by atoms with Gasteiger partial charge >= 0.3 is 11.1 Å². The molecule has 0 bridgehead atoms. The van der Waals surface area contributed by atoms with Gasteiger partial charge in [0.2, 0.25) is 0 Å². The highest BCUT2D eigenvalue weighted by atomic mass is 16.2. The molecule has 2 heterocycles. The third kappa shape index (κ3) is 4.01. The molecule has 0 fully saturated rings. The SMILES string of the molecule is CCn1c(=O)c(=O)[nH]c2cc(C(=O)NCc3ccc(Cn4cnc5ccccc54)cc3)ccc21. The molecule has 0 saturated heterocycles. The minimum atomic E-state index is -0.698. The maximum absolute atomic E-state index is 12.7. The smallest absolute Gasteiger partial charge is 0.316 e. The van der Waals surface area contributed by atoms with Crippen LogP contribution in [-0.2, 0) is 19.6 Å². The van der Waals surface area contributed by atoms with Crippen LogP contribution < -0.4 is 16.4 Å². The van der Waals surface area contributed by atoms with Crippen LogP contribution >= 0.6 is 0 Å². The van der Waals surface area contributed by atoms with E-state index in [9.17, 15) is 14.4 Å². The van der Waals surface area contributed by atoms with Crippen molar-refractivity contribution in [2.75, 3.05) is 0 Å². The number of hydrogen-bond donors (Lipinski definition) is 2. The molecule has 2 N–H and O–H groups in total. The summed E-state index contributed by atoms with van der Waals surface area (Å²) in [6, 6.07) is 21.0. The molecule has 0 unspecified atom stereocenters. The van der Waals surface area contributed by atoms with Crippen LogP contribution in [0.1, 0.15) is 28.4 Å². The fourth-order valence-electron chi connectivity index (χ4n) is 4.11. The molecule has 8 nitrogen and oxygen atoms in total. The molecule has 170 valence electrons. The van der Waals surface area contributed by atoms with Gasteiger partial charge in [0.05, 0.1) is 28.4 Å². The van der Waals surface area contributed by atoms with Crippen LogP contribution in [0.3, 0.4) is 0 Å². The molecule has 1 amide bonds. The molecule has 34 heavy (non-hydrogen) atoms. The zero-order valence-corrected chi connectivity index (χ0v) is 18.6. The Morgan fingerprint density at radius 2 is 1.74 bits per heavy atom. The van der Waals surface area contributed by atoms with E-state index in [1.807, 2.05) is 48.8 Å². The van der Waals surface area contributed by atoms with Crippen molar-refractivity contribution in [1.82, 2.24) is 24.4 Å². The highest BCUT2D eigenvalue weighted by Crippen LogP contribution is 2.15. The van der Waals surface area contributed by atoms with E-state index in [1.54, 1.807) is 25.1 Å². The van der Waals surface area contributed by atoms with Crippen molar-refractivity contribution in [3.05, 3.63) is 110 Å². The molecular formula is C26H23N5O3. The van der Waals surface area contributed by atoms with Crippen LogP contribution in [0, 0.1) is 0 Å². The molecule has 0 aliphatic heterocycles. The van der Waals surface area contributed by atoms with Gasteiger partial charge in [-0.15, -0.1) is 0 Å². The molecule has 2 aromatic heterocycles. The quantitative estimate of drug-likeness (QED) is 0.386. The van der Waals surface area contributed by atoms with E-state index in [0.717, 1.165) is 22.2 Å². The Labute approximate surface area is 194 Å². The lowest BCUT2D eigenvalue weighted by Crippen LogP contribution is -2.36. The van der Waals surface area contributed by atoms with Crippen molar-refractivity contribution in [1.29, 1.82) is 0 Å². The summed E-state index contributed by atoms with van der Waals surface area (Å²) in [5.74, 6) is -0.258. The van der Waals surface area contributed by atoms with Crippen LogP contribution in [0.25, 0.3) is 22.1 Å². The van der Waals surface area contributed by atoms with Crippen molar-refractivity contribution in [2.45, 2.75) is 26.6 Å². The predicted octanol–water partition coefficient (Wildman–Crippen LogP) is 3.04. The second kappa shape index (κ2) is 8.82. The lowest BCUT2D eigenvalue weighted by atomic mass is 10.1. The number of aromatic nitrogens is 4. The summed E-state index contributed by atoms with van der Waals surface area (Å²) >= 11 is 0. The van der Waals surface area contributed by atoms with E-state index < -0.39 is 11.1 Å². The summed E-state index contributed by atoms with van der Waals surface area (Å²) in [6.45, 7) is 3.25. The van der Waals surface area contributed by atoms with Gasteiger partial charge in [0.1, 0.15) is 0 Å². The van der Waals surface area contributed by atoms with Gasteiger partial charge in [-0.1, -0.05) is 36.4 Å². The van der Waals surface area contributed by atoms with Crippen LogP contribution in [0.15, 0.2) is 82.6 Å². The van der Waals surface area contributed by atoms with Gasteiger partial charge < -0.3 is 19.4 Å². The number of rotatable bonds is 6. The number of imidazole rings is 1. The summed E-state index contributed by atoms with van der Waals surface area (Å²) in [4.78, 5) is 43.6. The largest absolute Gasteiger partial charge is 0.348 e.